The number of alkyl halides is 3. The van der Waals surface area contributed by atoms with Crippen LogP contribution < -0.4 is 4.74 Å². The monoisotopic (exact) mass is 448 g/mol. The van der Waals surface area contributed by atoms with Gasteiger partial charge in [0.05, 0.1) is 29.5 Å². The molecule has 2 aromatic heterocycles. The van der Waals surface area contributed by atoms with Crippen molar-refractivity contribution in [1.29, 1.82) is 0 Å². The molecule has 0 radical (unpaired) electrons. The first-order valence-corrected chi connectivity index (χ1v) is 10.5. The third-order valence-electron chi connectivity index (χ3n) is 4.62. The van der Waals surface area contributed by atoms with E-state index >= 15 is 0 Å². The highest BCUT2D eigenvalue weighted by molar-refractivity contribution is 7.98. The topological polar surface area (TPSA) is 66.0 Å². The summed E-state index contributed by atoms with van der Waals surface area (Å²) in [4.78, 5) is 4.51. The van der Waals surface area contributed by atoms with Gasteiger partial charge in [-0.1, -0.05) is 18.7 Å². The minimum atomic E-state index is -4.40. The minimum Gasteiger partial charge on any atom is -0.497 e. The maximum Gasteiger partial charge on any atom is 0.416 e. The Balaban J connectivity index is 1.56. The zero-order valence-corrected chi connectivity index (χ0v) is 17.6. The highest BCUT2D eigenvalue weighted by atomic mass is 32.2. The van der Waals surface area contributed by atoms with Gasteiger partial charge in [0.2, 0.25) is 11.8 Å². The van der Waals surface area contributed by atoms with E-state index in [1.165, 1.54) is 17.8 Å². The fourth-order valence-electron chi connectivity index (χ4n) is 3.12. The van der Waals surface area contributed by atoms with Crippen LogP contribution in [-0.2, 0) is 18.5 Å². The summed E-state index contributed by atoms with van der Waals surface area (Å²) in [5.41, 5.74) is 1.06. The summed E-state index contributed by atoms with van der Waals surface area (Å²) in [5.74, 6) is 1.86. The molecule has 0 unspecified atom stereocenters. The Morgan fingerprint density at radius 3 is 2.55 bits per heavy atom. The predicted octanol–water partition coefficient (Wildman–Crippen LogP) is 5.82. The van der Waals surface area contributed by atoms with E-state index in [1.54, 1.807) is 23.8 Å². The van der Waals surface area contributed by atoms with Gasteiger partial charge in [-0.25, -0.2) is 4.98 Å². The van der Waals surface area contributed by atoms with Crippen molar-refractivity contribution in [3.8, 4) is 17.2 Å². The molecule has 4 rings (SSSR count). The summed E-state index contributed by atoms with van der Waals surface area (Å²) >= 11 is 1.35. The van der Waals surface area contributed by atoms with Crippen molar-refractivity contribution in [3.63, 3.8) is 0 Å². The molecular weight excluding hydrogens is 429 g/mol. The molecule has 0 aliphatic carbocycles. The van der Waals surface area contributed by atoms with E-state index in [9.17, 15) is 13.2 Å². The standard InChI is InChI=1S/C21H19F3N4O2S/c1-3-10-28-17-11-14(21(22,23)24)6-9-16(17)25-20(28)31-12-18-26-27-19(30-18)13-4-7-15(29-2)8-5-13/h4-9,11H,3,10,12H2,1-2H3. The lowest BCUT2D eigenvalue weighted by Crippen LogP contribution is -2.05. The molecule has 0 fully saturated rings. The molecule has 6 nitrogen and oxygen atoms in total. The van der Waals surface area contributed by atoms with Crippen molar-refractivity contribution < 1.29 is 22.3 Å². The van der Waals surface area contributed by atoms with Crippen molar-refractivity contribution in [2.75, 3.05) is 7.11 Å². The number of ether oxygens (including phenoxy) is 1. The third-order valence-corrected chi connectivity index (χ3v) is 5.58. The van der Waals surface area contributed by atoms with Crippen LogP contribution in [0.25, 0.3) is 22.5 Å². The van der Waals surface area contributed by atoms with Crippen LogP contribution in [0.3, 0.4) is 0 Å². The number of halogens is 3. The van der Waals surface area contributed by atoms with Gasteiger partial charge in [-0.15, -0.1) is 10.2 Å². The molecule has 0 atom stereocenters. The van der Waals surface area contributed by atoms with Gasteiger partial charge in [-0.3, -0.25) is 0 Å². The average Bonchev–Trinajstić information content (AvgIpc) is 3.36. The molecule has 0 amide bonds. The van der Waals surface area contributed by atoms with Crippen LogP contribution in [0, 0.1) is 0 Å². The van der Waals surface area contributed by atoms with Crippen LogP contribution in [0.5, 0.6) is 5.75 Å². The number of fused-ring (bicyclic) bond motifs is 1. The van der Waals surface area contributed by atoms with E-state index in [2.05, 4.69) is 15.2 Å². The lowest BCUT2D eigenvalue weighted by Gasteiger charge is -2.09. The van der Waals surface area contributed by atoms with Crippen LogP contribution in [0.1, 0.15) is 24.8 Å². The molecule has 162 valence electrons. The maximum atomic E-state index is 13.1. The summed E-state index contributed by atoms with van der Waals surface area (Å²) in [7, 11) is 1.59. The minimum absolute atomic E-state index is 0.350. The molecule has 0 bridgehead atoms. The average molecular weight is 448 g/mol. The highest BCUT2D eigenvalue weighted by Crippen LogP contribution is 2.34. The van der Waals surface area contributed by atoms with E-state index < -0.39 is 11.7 Å². The van der Waals surface area contributed by atoms with Crippen LogP contribution in [0.4, 0.5) is 13.2 Å². The third kappa shape index (κ3) is 4.53. The molecule has 0 N–H and O–H groups in total. The Hall–Kier alpha value is -3.01. The van der Waals surface area contributed by atoms with E-state index in [4.69, 9.17) is 9.15 Å². The normalized spacial score (nSPS) is 11.9. The van der Waals surface area contributed by atoms with E-state index in [-0.39, 0.29) is 0 Å². The van der Waals surface area contributed by atoms with E-state index in [0.29, 0.717) is 40.3 Å². The van der Waals surface area contributed by atoms with E-state index in [1.807, 2.05) is 19.1 Å². The molecule has 0 saturated heterocycles. The van der Waals surface area contributed by atoms with Crippen molar-refractivity contribution in [2.45, 2.75) is 37.0 Å². The molecule has 0 saturated carbocycles. The lowest BCUT2D eigenvalue weighted by atomic mass is 10.2. The van der Waals surface area contributed by atoms with Gasteiger partial charge >= 0.3 is 6.18 Å². The van der Waals surface area contributed by atoms with Crippen molar-refractivity contribution in [2.24, 2.45) is 0 Å². The highest BCUT2D eigenvalue weighted by Gasteiger charge is 2.31. The first-order chi connectivity index (χ1) is 14.9. The number of rotatable bonds is 7. The largest absolute Gasteiger partial charge is 0.497 e. The van der Waals surface area contributed by atoms with Gasteiger partial charge in [0.15, 0.2) is 5.16 Å². The lowest BCUT2D eigenvalue weighted by molar-refractivity contribution is -0.137. The van der Waals surface area contributed by atoms with E-state index in [0.717, 1.165) is 29.9 Å². The number of aryl methyl sites for hydroxylation is 1. The van der Waals surface area contributed by atoms with Crippen molar-refractivity contribution >= 4 is 22.8 Å². The Morgan fingerprint density at radius 2 is 1.87 bits per heavy atom. The van der Waals surface area contributed by atoms with Gasteiger partial charge in [0.1, 0.15) is 5.75 Å². The fraction of sp³-hybridized carbons (Fsp3) is 0.286. The quantitative estimate of drug-likeness (QED) is 0.332. The van der Waals surface area contributed by atoms with Crippen LogP contribution in [0.15, 0.2) is 52.0 Å². The van der Waals surface area contributed by atoms with Crippen LogP contribution in [-0.4, -0.2) is 26.9 Å². The van der Waals surface area contributed by atoms with Gasteiger partial charge in [-0.2, -0.15) is 13.2 Å². The summed E-state index contributed by atoms with van der Waals surface area (Å²) < 4.78 is 52.0. The number of benzene rings is 2. The predicted molar refractivity (Wildman–Crippen MR) is 111 cm³/mol. The molecule has 0 spiro atoms. The molecule has 31 heavy (non-hydrogen) atoms. The molecule has 0 aliphatic heterocycles. The second kappa shape index (κ2) is 8.62. The molecule has 2 aromatic carbocycles. The molecule has 10 heteroatoms. The SMILES string of the molecule is CCCn1c(SCc2nnc(-c3ccc(OC)cc3)o2)nc2ccc(C(F)(F)F)cc21. The van der Waals surface area contributed by atoms with Crippen LogP contribution in [0.2, 0.25) is 0 Å². The second-order valence-corrected chi connectivity index (χ2v) is 7.71. The summed E-state index contributed by atoms with van der Waals surface area (Å²) in [6.07, 6.45) is -3.64. The van der Waals surface area contributed by atoms with Gasteiger partial charge in [0.25, 0.3) is 0 Å². The molecule has 0 aliphatic rings. The van der Waals surface area contributed by atoms with Gasteiger partial charge in [-0.05, 0) is 48.9 Å². The Bertz CT molecular complexity index is 1190. The van der Waals surface area contributed by atoms with Crippen molar-refractivity contribution in [3.05, 3.63) is 53.9 Å². The summed E-state index contributed by atoms with van der Waals surface area (Å²) in [5, 5.41) is 8.75. The zero-order valence-electron chi connectivity index (χ0n) is 16.8. The smallest absolute Gasteiger partial charge is 0.416 e. The Kier molecular flexibility index (Phi) is 5.90. The molecule has 2 heterocycles. The summed E-state index contributed by atoms with van der Waals surface area (Å²) in [6.45, 7) is 2.52. The number of aromatic nitrogens is 4. The number of thioether (sulfide) groups is 1. The maximum absolute atomic E-state index is 13.1. The Morgan fingerprint density at radius 1 is 1.10 bits per heavy atom. The number of hydrogen-bond acceptors (Lipinski definition) is 6. The molecule has 4 aromatic rings. The number of methoxy groups -OCH3 is 1. The van der Waals surface area contributed by atoms with Crippen LogP contribution >= 0.6 is 11.8 Å². The first kappa shape index (κ1) is 21.2. The number of hydrogen-bond donors (Lipinski definition) is 0. The Labute approximate surface area is 180 Å². The summed E-state index contributed by atoms with van der Waals surface area (Å²) in [6, 6.07) is 10.9. The number of imidazole rings is 1. The number of nitrogens with zero attached hydrogens (tertiary/aromatic N) is 4. The van der Waals surface area contributed by atoms with Gasteiger partial charge in [0, 0.05) is 12.1 Å². The second-order valence-electron chi connectivity index (χ2n) is 6.77. The first-order valence-electron chi connectivity index (χ1n) is 9.56. The van der Waals surface area contributed by atoms with Crippen molar-refractivity contribution in [1.82, 2.24) is 19.7 Å². The fourth-order valence-corrected chi connectivity index (χ4v) is 3.99. The molecular formula is C21H19F3N4O2S. The van der Waals surface area contributed by atoms with Gasteiger partial charge < -0.3 is 13.7 Å². The zero-order chi connectivity index (χ0) is 22.0.